The second kappa shape index (κ2) is 16.0. The molecule has 0 aliphatic carbocycles. The van der Waals surface area contributed by atoms with Crippen LogP contribution in [-0.4, -0.2) is 15.9 Å². The molecule has 3 nitrogen and oxygen atoms in total. The molecule has 0 atom stereocenters. The van der Waals surface area contributed by atoms with E-state index in [1.165, 1.54) is 47.6 Å². The van der Waals surface area contributed by atoms with E-state index in [1.54, 1.807) is 0 Å². The van der Waals surface area contributed by atoms with E-state index in [4.69, 9.17) is 4.98 Å². The number of rotatable bonds is 9. The van der Waals surface area contributed by atoms with E-state index >= 15 is 0 Å². The van der Waals surface area contributed by atoms with Crippen LogP contribution in [0, 0.1) is 16.9 Å². The standard InChI is InChI=1S/C29H22NS2.C15H28O2.Ir/c1-29(2,3)24-15-20(14-18-8-4-5-9-21(18)24)27-28-19(12-13-30-27)16-26(32-28)23-17-31-25-11-7-6-10-22(23)25;1-7-14(5,8-2)12(16)11-13(17)15(6,9-3)10-4;/h4-13,15-17H,1-3H3;11,16H,7-10H2,1-6H3;/q-1;;/b;12-11-;. The third-order valence-electron chi connectivity index (χ3n) is 10.6. The van der Waals surface area contributed by atoms with Crippen LogP contribution in [0.25, 0.3) is 52.6 Å². The first kappa shape index (κ1) is 39.6. The minimum Gasteiger partial charge on any atom is -0.512 e. The van der Waals surface area contributed by atoms with Gasteiger partial charge in [-0.1, -0.05) is 110 Å². The second-order valence-electron chi connectivity index (χ2n) is 14.7. The minimum atomic E-state index is -0.337. The van der Waals surface area contributed by atoms with Crippen LogP contribution in [-0.2, 0) is 30.3 Å². The maximum absolute atomic E-state index is 12.2. The molecule has 3 heterocycles. The Morgan fingerprint density at radius 2 is 1.46 bits per heavy atom. The maximum Gasteiger partial charge on any atom is 0.164 e. The third-order valence-corrected chi connectivity index (χ3v) is 12.8. The van der Waals surface area contributed by atoms with Crippen molar-refractivity contribution in [3.05, 3.63) is 102 Å². The van der Waals surface area contributed by atoms with Crippen molar-refractivity contribution in [2.45, 2.75) is 93.4 Å². The van der Waals surface area contributed by atoms with Gasteiger partial charge >= 0.3 is 0 Å². The van der Waals surface area contributed by atoms with Crippen molar-refractivity contribution in [3.8, 4) is 21.7 Å². The van der Waals surface area contributed by atoms with Gasteiger partial charge in [0.25, 0.3) is 0 Å². The normalized spacial score (nSPS) is 12.5. The SMILES string of the molecule is CC(C)(C)c1cc(-c2nccc3cc(-c4csc5ccccc45)sc23)[c-]c2ccccc12.CCC(C)(CC)C(=O)/C=C(\O)C(C)(CC)CC.[Ir]. The smallest absolute Gasteiger partial charge is 0.164 e. The van der Waals surface area contributed by atoms with Crippen molar-refractivity contribution in [2.75, 3.05) is 0 Å². The van der Waals surface area contributed by atoms with Crippen molar-refractivity contribution in [3.63, 3.8) is 0 Å². The fourth-order valence-corrected chi connectivity index (χ4v) is 8.34. The van der Waals surface area contributed by atoms with E-state index in [2.05, 4.69) is 98.9 Å². The molecule has 0 bridgehead atoms. The molecular formula is C44H50IrNO2S2-. The van der Waals surface area contributed by atoms with Crippen molar-refractivity contribution in [1.29, 1.82) is 0 Å². The van der Waals surface area contributed by atoms with Gasteiger partial charge in [0, 0.05) is 79.5 Å². The topological polar surface area (TPSA) is 50.2 Å². The molecule has 6 heteroatoms. The number of hydrogen-bond donors (Lipinski definition) is 1. The Labute approximate surface area is 320 Å². The number of pyridine rings is 1. The van der Waals surface area contributed by atoms with E-state index in [0.29, 0.717) is 0 Å². The Morgan fingerprint density at radius 1 is 0.840 bits per heavy atom. The third kappa shape index (κ3) is 8.00. The van der Waals surface area contributed by atoms with E-state index in [0.717, 1.165) is 42.3 Å². The molecule has 50 heavy (non-hydrogen) atoms. The molecule has 3 aromatic heterocycles. The van der Waals surface area contributed by atoms with Crippen LogP contribution >= 0.6 is 22.7 Å². The molecule has 1 N–H and O–H groups in total. The van der Waals surface area contributed by atoms with Crippen molar-refractivity contribution in [2.24, 2.45) is 10.8 Å². The Bertz CT molecular complexity index is 2120. The Morgan fingerprint density at radius 3 is 2.10 bits per heavy atom. The molecule has 0 unspecified atom stereocenters. The summed E-state index contributed by atoms with van der Waals surface area (Å²) in [5.41, 5.74) is 4.18. The number of allylic oxidation sites excluding steroid dienone is 2. The van der Waals surface area contributed by atoms with Gasteiger partial charge in [0.05, 0.1) is 0 Å². The van der Waals surface area contributed by atoms with Gasteiger partial charge < -0.3 is 5.11 Å². The first-order valence-electron chi connectivity index (χ1n) is 17.5. The number of ketones is 1. The van der Waals surface area contributed by atoms with Crippen LogP contribution in [0.2, 0.25) is 0 Å². The molecule has 0 amide bonds. The van der Waals surface area contributed by atoms with E-state index in [-0.39, 0.29) is 47.9 Å². The molecule has 0 saturated heterocycles. The van der Waals surface area contributed by atoms with Gasteiger partial charge in [0.2, 0.25) is 0 Å². The van der Waals surface area contributed by atoms with Crippen LogP contribution in [0.5, 0.6) is 0 Å². The Balaban J connectivity index is 0.000000269. The minimum absolute atomic E-state index is 0. The van der Waals surface area contributed by atoms with Crippen LogP contribution in [0.1, 0.15) is 93.6 Å². The summed E-state index contributed by atoms with van der Waals surface area (Å²) >= 11 is 3.64. The van der Waals surface area contributed by atoms with Gasteiger partial charge in [-0.05, 0) is 54.7 Å². The summed E-state index contributed by atoms with van der Waals surface area (Å²) in [6, 6.07) is 27.6. The predicted octanol–water partition coefficient (Wildman–Crippen LogP) is 13.7. The molecule has 0 saturated carbocycles. The van der Waals surface area contributed by atoms with Crippen molar-refractivity contribution in [1.82, 2.24) is 4.98 Å². The molecule has 0 fully saturated rings. The molecule has 0 aliphatic heterocycles. The van der Waals surface area contributed by atoms with Crippen LogP contribution in [0.15, 0.2) is 90.1 Å². The van der Waals surface area contributed by atoms with Gasteiger partial charge in [-0.2, -0.15) is 0 Å². The fourth-order valence-electron chi connectivity index (χ4n) is 6.12. The summed E-state index contributed by atoms with van der Waals surface area (Å²) in [5.74, 6) is 0.286. The van der Waals surface area contributed by atoms with Crippen LogP contribution < -0.4 is 0 Å². The van der Waals surface area contributed by atoms with E-state index in [1.807, 2.05) is 70.4 Å². The average Bonchev–Trinajstić information content (AvgIpc) is 3.74. The monoisotopic (exact) mass is 881 g/mol. The summed E-state index contributed by atoms with van der Waals surface area (Å²) in [6.45, 7) is 18.9. The van der Waals surface area contributed by atoms with Crippen LogP contribution in [0.3, 0.4) is 0 Å². The van der Waals surface area contributed by atoms with Gasteiger partial charge in [-0.3, -0.25) is 9.78 Å². The van der Waals surface area contributed by atoms with Gasteiger partial charge in [-0.25, -0.2) is 0 Å². The number of carbonyl (C=O) groups is 1. The second-order valence-corrected chi connectivity index (χ2v) is 16.6. The number of aromatic nitrogens is 1. The number of benzene rings is 3. The number of carbonyl (C=O) groups excluding carboxylic acids is 1. The molecule has 3 aromatic carbocycles. The van der Waals surface area contributed by atoms with Crippen molar-refractivity contribution >= 4 is 59.4 Å². The van der Waals surface area contributed by atoms with Crippen LogP contribution in [0.4, 0.5) is 0 Å². The van der Waals surface area contributed by atoms with Crippen molar-refractivity contribution < 1.29 is 30.0 Å². The first-order valence-corrected chi connectivity index (χ1v) is 19.2. The van der Waals surface area contributed by atoms with E-state index in [9.17, 15) is 9.90 Å². The largest absolute Gasteiger partial charge is 0.512 e. The number of aliphatic hydroxyl groups excluding tert-OH is 1. The summed E-state index contributed by atoms with van der Waals surface area (Å²) in [7, 11) is 0. The Kier molecular flexibility index (Phi) is 12.7. The molecule has 6 rings (SSSR count). The fraction of sp³-hybridized carbons (Fsp3) is 0.364. The molecule has 0 spiro atoms. The van der Waals surface area contributed by atoms with Gasteiger partial charge in [0.1, 0.15) is 5.76 Å². The number of nitrogens with zero attached hydrogens (tertiary/aromatic N) is 1. The van der Waals surface area contributed by atoms with E-state index < -0.39 is 0 Å². The predicted molar refractivity (Wildman–Crippen MR) is 214 cm³/mol. The zero-order valence-electron chi connectivity index (χ0n) is 30.9. The zero-order valence-corrected chi connectivity index (χ0v) is 34.9. The first-order chi connectivity index (χ1) is 23.3. The summed E-state index contributed by atoms with van der Waals surface area (Å²) in [6.07, 6.45) is 6.68. The molecular weight excluding hydrogens is 831 g/mol. The zero-order chi connectivity index (χ0) is 35.6. The Hall–Kier alpha value is -3.15. The van der Waals surface area contributed by atoms with Gasteiger partial charge in [0.15, 0.2) is 5.78 Å². The maximum atomic E-state index is 12.2. The number of thiophene rings is 2. The molecule has 0 aliphatic rings. The molecule has 1 radical (unpaired) electrons. The number of aliphatic hydroxyl groups is 1. The summed E-state index contributed by atoms with van der Waals surface area (Å²) < 4.78 is 2.56. The number of fused-ring (bicyclic) bond motifs is 3. The average molecular weight is 881 g/mol. The molecule has 6 aromatic rings. The quantitative estimate of drug-likeness (QED) is 0.0894. The number of hydrogen-bond acceptors (Lipinski definition) is 5. The van der Waals surface area contributed by atoms with Gasteiger partial charge in [-0.15, -0.1) is 51.8 Å². The summed E-state index contributed by atoms with van der Waals surface area (Å²) in [5, 5.41) is 17.4. The molecule has 265 valence electrons. The summed E-state index contributed by atoms with van der Waals surface area (Å²) in [4.78, 5) is 18.3.